The van der Waals surface area contributed by atoms with E-state index < -0.39 is 0 Å². The molecule has 0 amide bonds. The lowest BCUT2D eigenvalue weighted by Crippen LogP contribution is -2.05. The fourth-order valence-electron chi connectivity index (χ4n) is 2.80. The summed E-state index contributed by atoms with van der Waals surface area (Å²) in [4.78, 5) is 0.352. The van der Waals surface area contributed by atoms with E-state index in [1.165, 1.54) is 22.3 Å². The topological polar surface area (TPSA) is 9.23 Å². The zero-order valence-corrected chi connectivity index (χ0v) is 13.5. The van der Waals surface area contributed by atoms with Crippen LogP contribution in [0.15, 0.2) is 42.5 Å². The van der Waals surface area contributed by atoms with Crippen LogP contribution in [0.5, 0.6) is 5.75 Å². The summed E-state index contributed by atoms with van der Waals surface area (Å²) in [5, 5.41) is 0. The van der Waals surface area contributed by atoms with Crippen LogP contribution in [0, 0.1) is 6.92 Å². The highest BCUT2D eigenvalue weighted by molar-refractivity contribution is 9.09. The van der Waals surface area contributed by atoms with Crippen molar-refractivity contribution in [3.63, 3.8) is 0 Å². The molecule has 0 aliphatic carbocycles. The summed E-state index contributed by atoms with van der Waals surface area (Å²) in [6.07, 6.45) is 2.34. The third-order valence-electron chi connectivity index (χ3n) is 3.78. The molecule has 0 radical (unpaired) electrons. The molecule has 1 aliphatic rings. The standard InChI is InChI=1S/C18H19BrO/c1-12-4-3-5-14(8-12)10-17(19)15-6-7-18-16(11-15)9-13(2)20-18/h3-8,11,13,17H,9-10H2,1-2H3. The van der Waals surface area contributed by atoms with Crippen molar-refractivity contribution in [3.05, 3.63) is 64.7 Å². The summed E-state index contributed by atoms with van der Waals surface area (Å²) in [5.41, 5.74) is 5.36. The van der Waals surface area contributed by atoms with Crippen LogP contribution < -0.4 is 4.74 Å². The van der Waals surface area contributed by atoms with Gasteiger partial charge in [0, 0.05) is 11.2 Å². The van der Waals surface area contributed by atoms with Crippen molar-refractivity contribution in [3.8, 4) is 5.75 Å². The first-order chi connectivity index (χ1) is 9.61. The highest BCUT2D eigenvalue weighted by atomic mass is 79.9. The zero-order valence-electron chi connectivity index (χ0n) is 11.9. The fourth-order valence-corrected chi connectivity index (χ4v) is 3.46. The van der Waals surface area contributed by atoms with Gasteiger partial charge < -0.3 is 4.74 Å². The minimum atomic E-state index is 0.311. The molecule has 0 saturated carbocycles. The van der Waals surface area contributed by atoms with Gasteiger partial charge in [0.2, 0.25) is 0 Å². The molecular formula is C18H19BrO. The Labute approximate surface area is 129 Å². The van der Waals surface area contributed by atoms with E-state index >= 15 is 0 Å². The predicted molar refractivity (Wildman–Crippen MR) is 86.8 cm³/mol. The maximum absolute atomic E-state index is 5.76. The van der Waals surface area contributed by atoms with Gasteiger partial charge in [0.15, 0.2) is 0 Å². The highest BCUT2D eigenvalue weighted by Crippen LogP contribution is 2.34. The number of aryl methyl sites for hydroxylation is 1. The molecule has 0 aromatic heterocycles. The Morgan fingerprint density at radius 2 is 2.10 bits per heavy atom. The number of hydrogen-bond acceptors (Lipinski definition) is 1. The smallest absolute Gasteiger partial charge is 0.123 e. The van der Waals surface area contributed by atoms with Crippen LogP contribution in [-0.2, 0) is 12.8 Å². The molecule has 20 heavy (non-hydrogen) atoms. The van der Waals surface area contributed by atoms with Crippen LogP contribution in [0.25, 0.3) is 0 Å². The number of hydrogen-bond donors (Lipinski definition) is 0. The molecule has 3 rings (SSSR count). The third-order valence-corrected chi connectivity index (χ3v) is 4.63. The lowest BCUT2D eigenvalue weighted by molar-refractivity contribution is 0.254. The van der Waals surface area contributed by atoms with Crippen molar-refractivity contribution in [2.24, 2.45) is 0 Å². The second-order valence-corrected chi connectivity index (χ2v) is 6.77. The number of benzene rings is 2. The average Bonchev–Trinajstić information content (AvgIpc) is 2.77. The van der Waals surface area contributed by atoms with Crippen molar-refractivity contribution in [1.82, 2.24) is 0 Å². The molecular weight excluding hydrogens is 312 g/mol. The molecule has 2 aromatic rings. The van der Waals surface area contributed by atoms with E-state index in [9.17, 15) is 0 Å². The average molecular weight is 331 g/mol. The van der Waals surface area contributed by atoms with E-state index in [0.717, 1.165) is 18.6 Å². The summed E-state index contributed by atoms with van der Waals surface area (Å²) in [6, 6.07) is 15.3. The van der Waals surface area contributed by atoms with Crippen molar-refractivity contribution in [1.29, 1.82) is 0 Å². The highest BCUT2D eigenvalue weighted by Gasteiger charge is 2.20. The largest absolute Gasteiger partial charge is 0.490 e. The molecule has 0 N–H and O–H groups in total. The first-order valence-electron chi connectivity index (χ1n) is 7.11. The van der Waals surface area contributed by atoms with E-state index in [4.69, 9.17) is 4.74 Å². The molecule has 1 nitrogen and oxygen atoms in total. The lowest BCUT2D eigenvalue weighted by Gasteiger charge is -2.12. The second-order valence-electron chi connectivity index (χ2n) is 5.66. The normalized spacial score (nSPS) is 18.4. The minimum Gasteiger partial charge on any atom is -0.490 e. The van der Waals surface area contributed by atoms with Crippen LogP contribution in [0.3, 0.4) is 0 Å². The van der Waals surface area contributed by atoms with Gasteiger partial charge in [0.05, 0.1) is 0 Å². The molecule has 0 saturated heterocycles. The summed E-state index contributed by atoms with van der Waals surface area (Å²) in [6.45, 7) is 4.26. The van der Waals surface area contributed by atoms with Crippen molar-refractivity contribution >= 4 is 15.9 Å². The molecule has 0 bridgehead atoms. The van der Waals surface area contributed by atoms with E-state index in [2.05, 4.69) is 72.2 Å². The lowest BCUT2D eigenvalue weighted by atomic mass is 10.00. The Kier molecular flexibility index (Phi) is 3.84. The van der Waals surface area contributed by atoms with Crippen LogP contribution >= 0.6 is 15.9 Å². The second kappa shape index (κ2) is 5.61. The van der Waals surface area contributed by atoms with E-state index in [1.54, 1.807) is 0 Å². The number of ether oxygens (including phenoxy) is 1. The van der Waals surface area contributed by atoms with Crippen molar-refractivity contribution < 1.29 is 4.74 Å². The Morgan fingerprint density at radius 3 is 2.90 bits per heavy atom. The van der Waals surface area contributed by atoms with Gasteiger partial charge in [-0.15, -0.1) is 0 Å². The van der Waals surface area contributed by atoms with Gasteiger partial charge in [-0.3, -0.25) is 0 Å². The molecule has 2 atom stereocenters. The van der Waals surface area contributed by atoms with Crippen LogP contribution in [-0.4, -0.2) is 6.10 Å². The Bertz CT molecular complexity index is 621. The Balaban J connectivity index is 1.78. The summed E-state index contributed by atoms with van der Waals surface area (Å²) >= 11 is 3.83. The van der Waals surface area contributed by atoms with Gasteiger partial charge in [-0.05, 0) is 43.0 Å². The summed E-state index contributed by atoms with van der Waals surface area (Å²) in [5.74, 6) is 1.05. The molecule has 1 heterocycles. The Morgan fingerprint density at radius 1 is 1.25 bits per heavy atom. The van der Waals surface area contributed by atoms with Gasteiger partial charge in [-0.2, -0.15) is 0 Å². The molecule has 2 aromatic carbocycles. The van der Waals surface area contributed by atoms with Crippen LogP contribution in [0.2, 0.25) is 0 Å². The number of alkyl halides is 1. The van der Waals surface area contributed by atoms with Gasteiger partial charge in [0.1, 0.15) is 11.9 Å². The molecule has 0 spiro atoms. The van der Waals surface area contributed by atoms with Gasteiger partial charge in [0.25, 0.3) is 0 Å². The molecule has 0 fully saturated rings. The predicted octanol–water partition coefficient (Wildman–Crippen LogP) is 5.00. The molecule has 2 unspecified atom stereocenters. The van der Waals surface area contributed by atoms with Gasteiger partial charge >= 0.3 is 0 Å². The van der Waals surface area contributed by atoms with E-state index in [1.807, 2.05) is 0 Å². The molecule has 104 valence electrons. The number of rotatable bonds is 3. The first-order valence-corrected chi connectivity index (χ1v) is 8.02. The maximum Gasteiger partial charge on any atom is 0.123 e. The quantitative estimate of drug-likeness (QED) is 0.720. The van der Waals surface area contributed by atoms with E-state index in [-0.39, 0.29) is 0 Å². The van der Waals surface area contributed by atoms with Gasteiger partial charge in [-0.1, -0.05) is 57.9 Å². The van der Waals surface area contributed by atoms with Gasteiger partial charge in [-0.25, -0.2) is 0 Å². The van der Waals surface area contributed by atoms with E-state index in [0.29, 0.717) is 10.9 Å². The van der Waals surface area contributed by atoms with Crippen LogP contribution in [0.4, 0.5) is 0 Å². The van der Waals surface area contributed by atoms with Crippen molar-refractivity contribution in [2.45, 2.75) is 37.6 Å². The van der Waals surface area contributed by atoms with Crippen molar-refractivity contribution in [2.75, 3.05) is 0 Å². The molecule has 2 heteroatoms. The maximum atomic E-state index is 5.76. The zero-order chi connectivity index (χ0) is 14.1. The Hall–Kier alpha value is -1.28. The number of halogens is 1. The SMILES string of the molecule is Cc1cccc(CC(Br)c2ccc3c(c2)CC(C)O3)c1. The monoisotopic (exact) mass is 330 g/mol. The minimum absolute atomic E-state index is 0.311. The van der Waals surface area contributed by atoms with Crippen LogP contribution in [0.1, 0.15) is 34.0 Å². The fraction of sp³-hybridized carbons (Fsp3) is 0.333. The summed E-state index contributed by atoms with van der Waals surface area (Å²) in [7, 11) is 0. The third kappa shape index (κ3) is 2.90. The molecule has 1 aliphatic heterocycles. The number of fused-ring (bicyclic) bond motifs is 1. The summed E-state index contributed by atoms with van der Waals surface area (Å²) < 4.78 is 5.76. The first kappa shape index (κ1) is 13.7.